The SMILES string of the molecule is C=CCP1Oc2cccc(CCCCC)c2N1CCCCC. The highest BCUT2D eigenvalue weighted by Gasteiger charge is 2.32. The van der Waals surface area contributed by atoms with Gasteiger partial charge in [0.1, 0.15) is 5.75 Å². The number of hydrogen-bond acceptors (Lipinski definition) is 2. The van der Waals surface area contributed by atoms with Gasteiger partial charge in [0.2, 0.25) is 0 Å². The molecule has 0 saturated heterocycles. The van der Waals surface area contributed by atoms with E-state index >= 15 is 0 Å². The number of anilines is 1. The Labute approximate surface area is 137 Å². The van der Waals surface area contributed by atoms with Crippen molar-refractivity contribution < 1.29 is 4.52 Å². The third-order valence-corrected chi connectivity index (χ3v) is 6.04. The van der Waals surface area contributed by atoms with Gasteiger partial charge in [0.15, 0.2) is 8.30 Å². The van der Waals surface area contributed by atoms with Gasteiger partial charge in [-0.3, -0.25) is 0 Å². The molecule has 1 unspecified atom stereocenters. The summed E-state index contributed by atoms with van der Waals surface area (Å²) in [6, 6.07) is 6.57. The molecule has 0 saturated carbocycles. The van der Waals surface area contributed by atoms with Crippen LogP contribution in [0.15, 0.2) is 30.9 Å². The molecule has 0 radical (unpaired) electrons. The molecule has 0 aromatic heterocycles. The fraction of sp³-hybridized carbons (Fsp3) is 0.579. The van der Waals surface area contributed by atoms with E-state index in [4.69, 9.17) is 4.52 Å². The Kier molecular flexibility index (Phi) is 7.25. The first-order valence-electron chi connectivity index (χ1n) is 8.77. The minimum absolute atomic E-state index is 0.572. The molecular formula is C19H30NOP. The Balaban J connectivity index is 2.17. The summed E-state index contributed by atoms with van der Waals surface area (Å²) in [6.07, 6.45) is 11.8. The monoisotopic (exact) mass is 319 g/mol. The van der Waals surface area contributed by atoms with Gasteiger partial charge in [-0.05, 0) is 30.9 Å². The maximum atomic E-state index is 6.26. The van der Waals surface area contributed by atoms with E-state index in [1.165, 1.54) is 56.2 Å². The van der Waals surface area contributed by atoms with Crippen LogP contribution >= 0.6 is 8.30 Å². The molecule has 3 heteroatoms. The van der Waals surface area contributed by atoms with Crippen LogP contribution in [0, 0.1) is 0 Å². The van der Waals surface area contributed by atoms with Crippen LogP contribution in [0.5, 0.6) is 5.75 Å². The van der Waals surface area contributed by atoms with Crippen molar-refractivity contribution in [2.24, 2.45) is 0 Å². The van der Waals surface area contributed by atoms with E-state index in [0.29, 0.717) is 0 Å². The molecule has 22 heavy (non-hydrogen) atoms. The second-order valence-electron chi connectivity index (χ2n) is 5.97. The van der Waals surface area contributed by atoms with Crippen LogP contribution in [0.2, 0.25) is 0 Å². The Bertz CT molecular complexity index is 475. The summed E-state index contributed by atoms with van der Waals surface area (Å²) < 4.78 is 8.80. The highest BCUT2D eigenvalue weighted by molar-refractivity contribution is 7.55. The Morgan fingerprint density at radius 3 is 2.64 bits per heavy atom. The van der Waals surface area contributed by atoms with Gasteiger partial charge in [-0.15, -0.1) is 6.58 Å². The van der Waals surface area contributed by atoms with Crippen molar-refractivity contribution in [3.8, 4) is 5.75 Å². The summed E-state index contributed by atoms with van der Waals surface area (Å²) in [5.41, 5.74) is 2.85. The zero-order valence-corrected chi connectivity index (χ0v) is 15.1. The molecule has 2 rings (SSSR count). The van der Waals surface area contributed by atoms with Crippen LogP contribution in [0.25, 0.3) is 0 Å². The Morgan fingerprint density at radius 1 is 1.14 bits per heavy atom. The molecular weight excluding hydrogens is 289 g/mol. The number of hydrogen-bond donors (Lipinski definition) is 0. The van der Waals surface area contributed by atoms with Crippen LogP contribution in [0.1, 0.15) is 57.9 Å². The lowest BCUT2D eigenvalue weighted by Gasteiger charge is -2.24. The molecule has 2 nitrogen and oxygen atoms in total. The quantitative estimate of drug-likeness (QED) is 0.285. The zero-order valence-electron chi connectivity index (χ0n) is 14.2. The zero-order chi connectivity index (χ0) is 15.8. The first-order valence-corrected chi connectivity index (χ1v) is 10.2. The summed E-state index contributed by atoms with van der Waals surface area (Å²) in [4.78, 5) is 0. The van der Waals surface area contributed by atoms with Crippen LogP contribution in [0.3, 0.4) is 0 Å². The third-order valence-electron chi connectivity index (χ3n) is 4.12. The summed E-state index contributed by atoms with van der Waals surface area (Å²) >= 11 is 0. The minimum atomic E-state index is -0.572. The van der Waals surface area contributed by atoms with E-state index in [1.54, 1.807) is 0 Å². The van der Waals surface area contributed by atoms with E-state index < -0.39 is 8.30 Å². The molecule has 1 aromatic carbocycles. The molecule has 1 aromatic rings. The topological polar surface area (TPSA) is 12.5 Å². The number of nitrogens with zero attached hydrogens (tertiary/aromatic N) is 1. The lowest BCUT2D eigenvalue weighted by atomic mass is 10.0. The van der Waals surface area contributed by atoms with Gasteiger partial charge < -0.3 is 9.19 Å². The number of allylic oxidation sites excluding steroid dienone is 1. The van der Waals surface area contributed by atoms with E-state index in [0.717, 1.165) is 18.5 Å². The lowest BCUT2D eigenvalue weighted by Crippen LogP contribution is -2.18. The largest absolute Gasteiger partial charge is 0.451 e. The minimum Gasteiger partial charge on any atom is -0.451 e. The van der Waals surface area contributed by atoms with E-state index in [9.17, 15) is 0 Å². The molecule has 1 heterocycles. The van der Waals surface area contributed by atoms with Gasteiger partial charge in [0, 0.05) is 12.7 Å². The smallest absolute Gasteiger partial charge is 0.196 e. The standard InChI is InChI=1S/C19H30NOP/c1-4-7-9-12-17-13-11-14-18-19(17)20(15-10-8-5-2)22(21-18)16-6-3/h6,11,13-14H,3-5,7-10,12,15-16H2,1-2H3. The number of benzene rings is 1. The number of aryl methyl sites for hydroxylation is 1. The van der Waals surface area contributed by atoms with Crippen molar-refractivity contribution in [2.45, 2.75) is 58.8 Å². The first-order chi connectivity index (χ1) is 10.8. The summed E-state index contributed by atoms with van der Waals surface area (Å²) in [6.45, 7) is 9.55. The highest BCUT2D eigenvalue weighted by Crippen LogP contribution is 2.57. The normalized spacial score (nSPS) is 16.5. The van der Waals surface area contributed by atoms with Gasteiger partial charge in [-0.25, -0.2) is 0 Å². The molecule has 0 N–H and O–H groups in total. The predicted octanol–water partition coefficient (Wildman–Crippen LogP) is 6.31. The highest BCUT2D eigenvalue weighted by atomic mass is 31.2. The molecule has 0 spiro atoms. The van der Waals surface area contributed by atoms with Crippen LogP contribution in [-0.4, -0.2) is 12.7 Å². The Hall–Kier alpha value is -1.01. The fourth-order valence-electron chi connectivity index (χ4n) is 2.96. The summed E-state index contributed by atoms with van der Waals surface area (Å²) in [7, 11) is -0.572. The maximum Gasteiger partial charge on any atom is 0.196 e. The molecule has 1 aliphatic heterocycles. The predicted molar refractivity (Wildman–Crippen MR) is 99.2 cm³/mol. The average Bonchev–Trinajstić information content (AvgIpc) is 2.87. The van der Waals surface area contributed by atoms with Crippen molar-refractivity contribution in [1.29, 1.82) is 0 Å². The molecule has 1 aliphatic rings. The number of fused-ring (bicyclic) bond motifs is 1. The number of unbranched alkanes of at least 4 members (excludes halogenated alkanes) is 4. The van der Waals surface area contributed by atoms with Crippen molar-refractivity contribution in [1.82, 2.24) is 0 Å². The fourth-order valence-corrected chi connectivity index (χ4v) is 4.74. The van der Waals surface area contributed by atoms with Gasteiger partial charge in [0.25, 0.3) is 0 Å². The molecule has 0 bridgehead atoms. The van der Waals surface area contributed by atoms with E-state index in [-0.39, 0.29) is 0 Å². The summed E-state index contributed by atoms with van der Waals surface area (Å²) in [5.74, 6) is 1.10. The third kappa shape index (κ3) is 4.26. The first kappa shape index (κ1) is 17.3. The van der Waals surface area contributed by atoms with Crippen LogP contribution in [-0.2, 0) is 6.42 Å². The molecule has 0 aliphatic carbocycles. The van der Waals surface area contributed by atoms with E-state index in [2.05, 4.69) is 43.3 Å². The van der Waals surface area contributed by atoms with Crippen LogP contribution in [0.4, 0.5) is 5.69 Å². The average molecular weight is 319 g/mol. The number of rotatable bonds is 10. The second kappa shape index (κ2) is 9.20. The van der Waals surface area contributed by atoms with Crippen molar-refractivity contribution in [3.05, 3.63) is 36.4 Å². The molecule has 0 amide bonds. The van der Waals surface area contributed by atoms with Gasteiger partial charge in [-0.2, -0.15) is 0 Å². The second-order valence-corrected chi connectivity index (χ2v) is 7.70. The molecule has 1 atom stereocenters. The van der Waals surface area contributed by atoms with Crippen molar-refractivity contribution in [2.75, 3.05) is 17.4 Å². The molecule has 0 fully saturated rings. The van der Waals surface area contributed by atoms with Gasteiger partial charge in [0.05, 0.1) is 5.69 Å². The van der Waals surface area contributed by atoms with E-state index in [1.807, 2.05) is 6.08 Å². The van der Waals surface area contributed by atoms with Crippen LogP contribution < -0.4 is 9.19 Å². The molecule has 122 valence electrons. The number of para-hydroxylation sites is 1. The Morgan fingerprint density at radius 2 is 1.91 bits per heavy atom. The maximum absolute atomic E-state index is 6.26. The van der Waals surface area contributed by atoms with Crippen molar-refractivity contribution in [3.63, 3.8) is 0 Å². The van der Waals surface area contributed by atoms with Gasteiger partial charge >= 0.3 is 0 Å². The van der Waals surface area contributed by atoms with Crippen molar-refractivity contribution >= 4 is 14.0 Å². The summed E-state index contributed by atoms with van der Waals surface area (Å²) in [5, 5.41) is 0. The lowest BCUT2D eigenvalue weighted by molar-refractivity contribution is 0.632. The van der Waals surface area contributed by atoms with Gasteiger partial charge in [-0.1, -0.05) is 57.7 Å².